The summed E-state index contributed by atoms with van der Waals surface area (Å²) >= 11 is 5.07. The smallest absolute Gasteiger partial charge is 0.176 e. The predicted molar refractivity (Wildman–Crippen MR) is 61.8 cm³/mol. The molecule has 2 aliphatic heterocycles. The Labute approximate surface area is 93.8 Å². The van der Waals surface area contributed by atoms with E-state index in [0.29, 0.717) is 11.0 Å². The van der Waals surface area contributed by atoms with Crippen molar-refractivity contribution in [3.63, 3.8) is 0 Å². The first-order valence-electron chi connectivity index (χ1n) is 5.12. The number of hydrogen-bond donors (Lipinski definition) is 2. The molecule has 15 heavy (non-hydrogen) atoms. The van der Waals surface area contributed by atoms with Crippen molar-refractivity contribution in [1.29, 1.82) is 0 Å². The number of fused-ring (bicyclic) bond motifs is 2. The molecule has 2 unspecified atom stereocenters. The Morgan fingerprint density at radius 1 is 1.33 bits per heavy atom. The largest absolute Gasteiger partial charge is 0.470 e. The third-order valence-corrected chi connectivity index (χ3v) is 3.20. The van der Waals surface area contributed by atoms with E-state index < -0.39 is 0 Å². The maximum absolute atomic E-state index is 5.87. The summed E-state index contributed by atoms with van der Waals surface area (Å²) in [6, 6.07) is 8.19. The molecule has 0 spiro atoms. The monoisotopic (exact) mass is 220 g/mol. The summed E-state index contributed by atoms with van der Waals surface area (Å²) in [6.45, 7) is 0.894. The van der Waals surface area contributed by atoms with Gasteiger partial charge in [0.05, 0.1) is 0 Å². The topological polar surface area (TPSA) is 33.3 Å². The Hall–Kier alpha value is -1.29. The number of thiocarbonyl (C=S) groups is 1. The molecule has 0 saturated carbocycles. The minimum absolute atomic E-state index is 0.0358. The summed E-state index contributed by atoms with van der Waals surface area (Å²) in [7, 11) is 0. The van der Waals surface area contributed by atoms with E-state index in [4.69, 9.17) is 17.0 Å². The van der Waals surface area contributed by atoms with Crippen molar-refractivity contribution in [2.24, 2.45) is 5.92 Å². The average molecular weight is 220 g/mol. The molecular weight excluding hydrogens is 208 g/mol. The Balaban J connectivity index is 1.90. The Kier molecular flexibility index (Phi) is 2.02. The van der Waals surface area contributed by atoms with E-state index in [1.807, 2.05) is 12.1 Å². The van der Waals surface area contributed by atoms with E-state index in [1.54, 1.807) is 0 Å². The fourth-order valence-electron chi connectivity index (χ4n) is 2.14. The first-order valence-corrected chi connectivity index (χ1v) is 5.53. The van der Waals surface area contributed by atoms with Gasteiger partial charge in [0.25, 0.3) is 0 Å². The van der Waals surface area contributed by atoms with Gasteiger partial charge in [0.1, 0.15) is 5.75 Å². The molecule has 2 N–H and O–H groups in total. The van der Waals surface area contributed by atoms with Gasteiger partial charge in [0.15, 0.2) is 11.3 Å². The van der Waals surface area contributed by atoms with Crippen LogP contribution in [0, 0.1) is 5.92 Å². The lowest BCUT2D eigenvalue weighted by atomic mass is 9.93. The molecule has 0 bridgehead atoms. The van der Waals surface area contributed by atoms with Gasteiger partial charge in [-0.25, -0.2) is 0 Å². The van der Waals surface area contributed by atoms with Crippen LogP contribution in [0.3, 0.4) is 0 Å². The van der Waals surface area contributed by atoms with Crippen LogP contribution in [0.25, 0.3) is 0 Å². The Bertz CT molecular complexity index is 407. The van der Waals surface area contributed by atoms with Crippen LogP contribution < -0.4 is 15.4 Å². The van der Waals surface area contributed by atoms with E-state index in [-0.39, 0.29) is 6.23 Å². The molecule has 3 nitrogen and oxygen atoms in total. The second-order valence-corrected chi connectivity index (χ2v) is 4.37. The molecule has 2 heterocycles. The van der Waals surface area contributed by atoms with E-state index in [0.717, 1.165) is 18.7 Å². The van der Waals surface area contributed by atoms with Crippen molar-refractivity contribution in [3.05, 3.63) is 29.8 Å². The lowest BCUT2D eigenvalue weighted by Gasteiger charge is -2.38. The van der Waals surface area contributed by atoms with Gasteiger partial charge in [-0.2, -0.15) is 0 Å². The van der Waals surface area contributed by atoms with Crippen molar-refractivity contribution in [2.75, 3.05) is 6.54 Å². The van der Waals surface area contributed by atoms with Gasteiger partial charge in [0, 0.05) is 12.5 Å². The summed E-state index contributed by atoms with van der Waals surface area (Å²) in [4.78, 5) is 0. The summed E-state index contributed by atoms with van der Waals surface area (Å²) in [6.07, 6.45) is 1.08. The lowest BCUT2D eigenvalue weighted by molar-refractivity contribution is 0.0910. The van der Waals surface area contributed by atoms with Crippen LogP contribution in [-0.4, -0.2) is 17.9 Å². The zero-order valence-electron chi connectivity index (χ0n) is 8.19. The zero-order chi connectivity index (χ0) is 10.3. The maximum Gasteiger partial charge on any atom is 0.176 e. The lowest BCUT2D eigenvalue weighted by Crippen LogP contribution is -2.58. The summed E-state index contributed by atoms with van der Waals surface area (Å²) in [5, 5.41) is 7.00. The molecule has 0 aromatic heterocycles. The number of rotatable bonds is 0. The quantitative estimate of drug-likeness (QED) is 0.640. The molecule has 0 radical (unpaired) electrons. The fraction of sp³-hybridized carbons (Fsp3) is 0.364. The normalized spacial score (nSPS) is 27.9. The number of ether oxygens (including phenoxy) is 1. The van der Waals surface area contributed by atoms with Crippen molar-refractivity contribution in [3.8, 4) is 5.75 Å². The number of para-hydroxylation sites is 1. The van der Waals surface area contributed by atoms with Gasteiger partial charge in [-0.3, -0.25) is 0 Å². The molecule has 0 aliphatic carbocycles. The SMILES string of the molecule is S=C1NCC2Cc3ccccc3OC2N1. The van der Waals surface area contributed by atoms with Gasteiger partial charge in [-0.05, 0) is 30.3 Å². The summed E-state index contributed by atoms with van der Waals surface area (Å²) < 4.78 is 5.87. The van der Waals surface area contributed by atoms with Crippen molar-refractivity contribution < 1.29 is 4.74 Å². The highest BCUT2D eigenvalue weighted by atomic mass is 32.1. The third-order valence-electron chi connectivity index (χ3n) is 2.93. The number of benzene rings is 1. The van der Waals surface area contributed by atoms with Gasteiger partial charge in [-0.15, -0.1) is 0 Å². The first kappa shape index (κ1) is 8.97. The molecule has 0 amide bonds. The molecule has 4 heteroatoms. The fourth-order valence-corrected chi connectivity index (χ4v) is 2.34. The number of hydrogen-bond acceptors (Lipinski definition) is 2. The maximum atomic E-state index is 5.87. The van der Waals surface area contributed by atoms with Crippen molar-refractivity contribution >= 4 is 17.3 Å². The molecule has 1 aromatic rings. The molecule has 3 rings (SSSR count). The summed E-state index contributed by atoms with van der Waals surface area (Å²) in [5.74, 6) is 1.45. The second kappa shape index (κ2) is 3.38. The van der Waals surface area contributed by atoms with E-state index >= 15 is 0 Å². The van der Waals surface area contributed by atoms with Crippen LogP contribution in [0.5, 0.6) is 5.75 Å². The van der Waals surface area contributed by atoms with Crippen LogP contribution in [0.15, 0.2) is 24.3 Å². The Morgan fingerprint density at radius 3 is 3.13 bits per heavy atom. The predicted octanol–water partition coefficient (Wildman–Crippen LogP) is 1.04. The van der Waals surface area contributed by atoms with Gasteiger partial charge in [0.2, 0.25) is 0 Å². The van der Waals surface area contributed by atoms with Gasteiger partial charge < -0.3 is 15.4 Å². The van der Waals surface area contributed by atoms with Crippen molar-refractivity contribution in [1.82, 2.24) is 10.6 Å². The number of nitrogens with one attached hydrogen (secondary N) is 2. The van der Waals surface area contributed by atoms with E-state index in [2.05, 4.69) is 22.8 Å². The molecule has 2 aliphatic rings. The van der Waals surface area contributed by atoms with Crippen LogP contribution in [-0.2, 0) is 6.42 Å². The van der Waals surface area contributed by atoms with E-state index in [9.17, 15) is 0 Å². The van der Waals surface area contributed by atoms with Crippen LogP contribution in [0.4, 0.5) is 0 Å². The van der Waals surface area contributed by atoms with Crippen LogP contribution in [0.1, 0.15) is 5.56 Å². The molecule has 2 atom stereocenters. The molecule has 1 saturated heterocycles. The standard InChI is InChI=1S/C11H12N2OS/c15-11-12-6-8-5-7-3-1-2-4-9(7)14-10(8)13-11/h1-4,8,10H,5-6H2,(H2,12,13,15). The first-order chi connectivity index (χ1) is 7.33. The molecule has 1 fully saturated rings. The zero-order valence-corrected chi connectivity index (χ0v) is 9.01. The minimum atomic E-state index is 0.0358. The highest BCUT2D eigenvalue weighted by Gasteiger charge is 2.33. The van der Waals surface area contributed by atoms with Gasteiger partial charge >= 0.3 is 0 Å². The highest BCUT2D eigenvalue weighted by molar-refractivity contribution is 7.80. The van der Waals surface area contributed by atoms with Crippen LogP contribution >= 0.6 is 12.2 Å². The van der Waals surface area contributed by atoms with Crippen LogP contribution in [0.2, 0.25) is 0 Å². The van der Waals surface area contributed by atoms with E-state index in [1.165, 1.54) is 5.56 Å². The molecule has 78 valence electrons. The second-order valence-electron chi connectivity index (χ2n) is 3.96. The average Bonchev–Trinajstić information content (AvgIpc) is 2.26. The van der Waals surface area contributed by atoms with Crippen molar-refractivity contribution in [2.45, 2.75) is 12.6 Å². The minimum Gasteiger partial charge on any atom is -0.470 e. The third kappa shape index (κ3) is 1.55. The summed E-state index contributed by atoms with van der Waals surface area (Å²) in [5.41, 5.74) is 1.29. The van der Waals surface area contributed by atoms with Gasteiger partial charge in [-0.1, -0.05) is 18.2 Å². The molecular formula is C11H12N2OS. The Morgan fingerprint density at radius 2 is 2.20 bits per heavy atom. The highest BCUT2D eigenvalue weighted by Crippen LogP contribution is 2.30. The molecule has 1 aromatic carbocycles.